The van der Waals surface area contributed by atoms with Crippen LogP contribution >= 0.6 is 11.6 Å². The standard InChI is InChI=1S/C16H19ClN2O3/c17-12-2-1-3-14(9-12)22-7-6-18-16(21)11-8-15(20)19(10-11)13-4-5-13/h1-3,9,11,13H,4-8,10H2,(H,18,21). The molecule has 0 spiro atoms. The lowest BCUT2D eigenvalue weighted by Crippen LogP contribution is -2.35. The van der Waals surface area contributed by atoms with E-state index in [0.717, 1.165) is 12.8 Å². The van der Waals surface area contributed by atoms with Crippen LogP contribution < -0.4 is 10.1 Å². The number of likely N-dealkylation sites (tertiary alicyclic amines) is 1. The van der Waals surface area contributed by atoms with Crippen molar-refractivity contribution < 1.29 is 14.3 Å². The second-order valence-corrected chi connectivity index (χ2v) is 6.21. The summed E-state index contributed by atoms with van der Waals surface area (Å²) in [5, 5.41) is 3.45. The fourth-order valence-corrected chi connectivity index (χ4v) is 2.87. The second kappa shape index (κ2) is 6.57. The van der Waals surface area contributed by atoms with Crippen molar-refractivity contribution in [3.8, 4) is 5.75 Å². The first-order valence-corrected chi connectivity index (χ1v) is 7.97. The van der Waals surface area contributed by atoms with Crippen LogP contribution in [0.3, 0.4) is 0 Å². The number of ether oxygens (including phenoxy) is 1. The third-order valence-electron chi connectivity index (χ3n) is 3.98. The number of halogens is 1. The highest BCUT2D eigenvalue weighted by atomic mass is 35.5. The highest BCUT2D eigenvalue weighted by molar-refractivity contribution is 6.30. The first-order chi connectivity index (χ1) is 10.6. The Hall–Kier alpha value is -1.75. The minimum atomic E-state index is -0.223. The van der Waals surface area contributed by atoms with Gasteiger partial charge < -0.3 is 15.0 Å². The van der Waals surface area contributed by atoms with Gasteiger partial charge in [-0.1, -0.05) is 17.7 Å². The quantitative estimate of drug-likeness (QED) is 0.813. The number of hydrogen-bond donors (Lipinski definition) is 1. The molecule has 22 heavy (non-hydrogen) atoms. The van der Waals surface area contributed by atoms with Crippen LogP contribution in [-0.2, 0) is 9.59 Å². The largest absolute Gasteiger partial charge is 0.492 e. The maximum Gasteiger partial charge on any atom is 0.225 e. The van der Waals surface area contributed by atoms with Crippen LogP contribution in [0.1, 0.15) is 19.3 Å². The second-order valence-electron chi connectivity index (χ2n) is 5.78. The fourth-order valence-electron chi connectivity index (χ4n) is 2.69. The number of nitrogens with zero attached hydrogens (tertiary/aromatic N) is 1. The molecular formula is C16H19ClN2O3. The van der Waals surface area contributed by atoms with Gasteiger partial charge in [0.15, 0.2) is 0 Å². The topological polar surface area (TPSA) is 58.6 Å². The van der Waals surface area contributed by atoms with E-state index in [4.69, 9.17) is 16.3 Å². The van der Waals surface area contributed by atoms with Crippen molar-refractivity contribution in [3.63, 3.8) is 0 Å². The molecule has 2 aliphatic rings. The maximum absolute atomic E-state index is 12.1. The van der Waals surface area contributed by atoms with Crippen molar-refractivity contribution in [2.24, 2.45) is 5.92 Å². The molecule has 5 nitrogen and oxygen atoms in total. The number of carbonyl (C=O) groups excluding carboxylic acids is 2. The van der Waals surface area contributed by atoms with Crippen molar-refractivity contribution in [3.05, 3.63) is 29.3 Å². The van der Waals surface area contributed by atoms with Gasteiger partial charge in [-0.25, -0.2) is 0 Å². The van der Waals surface area contributed by atoms with Gasteiger partial charge in [0, 0.05) is 24.0 Å². The van der Waals surface area contributed by atoms with E-state index >= 15 is 0 Å². The minimum absolute atomic E-state index is 0.0637. The normalized spacial score (nSPS) is 21.0. The number of nitrogens with one attached hydrogen (secondary N) is 1. The van der Waals surface area contributed by atoms with Gasteiger partial charge in [-0.05, 0) is 31.0 Å². The number of benzene rings is 1. The van der Waals surface area contributed by atoms with E-state index in [1.165, 1.54) is 0 Å². The molecule has 0 aromatic heterocycles. The van der Waals surface area contributed by atoms with Crippen LogP contribution in [0.5, 0.6) is 5.75 Å². The van der Waals surface area contributed by atoms with E-state index in [1.807, 2.05) is 17.0 Å². The summed E-state index contributed by atoms with van der Waals surface area (Å²) < 4.78 is 5.51. The van der Waals surface area contributed by atoms with Gasteiger partial charge in [-0.15, -0.1) is 0 Å². The van der Waals surface area contributed by atoms with Gasteiger partial charge in [0.25, 0.3) is 0 Å². The van der Waals surface area contributed by atoms with Crippen molar-refractivity contribution in [1.29, 1.82) is 0 Å². The van der Waals surface area contributed by atoms with Crippen LogP contribution in [0, 0.1) is 5.92 Å². The molecule has 1 saturated carbocycles. The molecule has 1 N–H and O–H groups in total. The van der Waals surface area contributed by atoms with Gasteiger partial charge >= 0.3 is 0 Å². The summed E-state index contributed by atoms with van der Waals surface area (Å²) in [6, 6.07) is 7.52. The Morgan fingerprint density at radius 3 is 2.95 bits per heavy atom. The summed E-state index contributed by atoms with van der Waals surface area (Å²) in [6.07, 6.45) is 2.48. The Morgan fingerprint density at radius 1 is 1.41 bits per heavy atom. The molecule has 0 radical (unpaired) electrons. The van der Waals surface area contributed by atoms with E-state index in [1.54, 1.807) is 12.1 Å². The predicted octanol–water partition coefficient (Wildman–Crippen LogP) is 1.85. The lowest BCUT2D eigenvalue weighted by Gasteiger charge is -2.15. The molecule has 1 aliphatic carbocycles. The highest BCUT2D eigenvalue weighted by Crippen LogP contribution is 2.32. The molecule has 2 fully saturated rings. The monoisotopic (exact) mass is 322 g/mol. The molecule has 0 bridgehead atoms. The summed E-state index contributed by atoms with van der Waals surface area (Å²) >= 11 is 5.87. The van der Waals surface area contributed by atoms with Crippen LogP contribution in [0.2, 0.25) is 5.02 Å². The molecule has 3 rings (SSSR count). The molecule has 1 saturated heterocycles. The van der Waals surface area contributed by atoms with Gasteiger partial charge in [-0.3, -0.25) is 9.59 Å². The van der Waals surface area contributed by atoms with Crippen molar-refractivity contribution in [2.75, 3.05) is 19.7 Å². The molecule has 1 aromatic rings. The smallest absolute Gasteiger partial charge is 0.225 e. The molecule has 1 atom stereocenters. The first-order valence-electron chi connectivity index (χ1n) is 7.59. The Bertz CT molecular complexity index is 574. The van der Waals surface area contributed by atoms with E-state index in [-0.39, 0.29) is 17.7 Å². The van der Waals surface area contributed by atoms with Gasteiger partial charge in [0.1, 0.15) is 12.4 Å². The van der Waals surface area contributed by atoms with Crippen LogP contribution in [0.15, 0.2) is 24.3 Å². The fraction of sp³-hybridized carbons (Fsp3) is 0.500. The molecule has 118 valence electrons. The lowest BCUT2D eigenvalue weighted by atomic mass is 10.1. The maximum atomic E-state index is 12.1. The van der Waals surface area contributed by atoms with E-state index in [0.29, 0.717) is 42.9 Å². The summed E-state index contributed by atoms with van der Waals surface area (Å²) in [6.45, 7) is 1.35. The SMILES string of the molecule is O=C(NCCOc1cccc(Cl)c1)C1CC(=O)N(C2CC2)C1. The number of hydrogen-bond acceptors (Lipinski definition) is 3. The zero-order chi connectivity index (χ0) is 15.5. The van der Waals surface area contributed by atoms with Crippen molar-refractivity contribution >= 4 is 23.4 Å². The van der Waals surface area contributed by atoms with Crippen LogP contribution in [0.4, 0.5) is 0 Å². The third-order valence-corrected chi connectivity index (χ3v) is 4.22. The zero-order valence-corrected chi connectivity index (χ0v) is 13.0. The third kappa shape index (κ3) is 3.71. The van der Waals surface area contributed by atoms with Crippen LogP contribution in [0.25, 0.3) is 0 Å². The zero-order valence-electron chi connectivity index (χ0n) is 12.3. The molecule has 6 heteroatoms. The molecular weight excluding hydrogens is 304 g/mol. The summed E-state index contributed by atoms with van der Waals surface area (Å²) in [4.78, 5) is 25.8. The summed E-state index contributed by atoms with van der Waals surface area (Å²) in [7, 11) is 0. The Labute approximate surface area is 134 Å². The molecule has 1 heterocycles. The van der Waals surface area contributed by atoms with E-state index in [9.17, 15) is 9.59 Å². The summed E-state index contributed by atoms with van der Waals surface area (Å²) in [5.41, 5.74) is 0. The van der Waals surface area contributed by atoms with Gasteiger partial charge in [0.2, 0.25) is 11.8 Å². The lowest BCUT2D eigenvalue weighted by molar-refractivity contribution is -0.129. The Balaban J connectivity index is 1.38. The Morgan fingerprint density at radius 2 is 2.23 bits per heavy atom. The predicted molar refractivity (Wildman–Crippen MR) is 82.8 cm³/mol. The minimum Gasteiger partial charge on any atom is -0.492 e. The summed E-state index contributed by atoms with van der Waals surface area (Å²) in [5.74, 6) is 0.501. The number of rotatable bonds is 6. The molecule has 1 unspecified atom stereocenters. The van der Waals surface area contributed by atoms with Crippen molar-refractivity contribution in [1.82, 2.24) is 10.2 Å². The average Bonchev–Trinajstić information content (AvgIpc) is 3.26. The van der Waals surface area contributed by atoms with Crippen molar-refractivity contribution in [2.45, 2.75) is 25.3 Å². The number of carbonyl (C=O) groups is 2. The molecule has 1 aliphatic heterocycles. The van der Waals surface area contributed by atoms with E-state index < -0.39 is 0 Å². The van der Waals surface area contributed by atoms with Gasteiger partial charge in [0.05, 0.1) is 12.5 Å². The number of amides is 2. The molecule has 1 aromatic carbocycles. The highest BCUT2D eigenvalue weighted by Gasteiger charge is 2.41. The Kier molecular flexibility index (Phi) is 4.52. The average molecular weight is 323 g/mol. The van der Waals surface area contributed by atoms with Crippen LogP contribution in [-0.4, -0.2) is 42.5 Å². The van der Waals surface area contributed by atoms with E-state index in [2.05, 4.69) is 5.32 Å². The first kappa shape index (κ1) is 15.2. The van der Waals surface area contributed by atoms with Gasteiger partial charge in [-0.2, -0.15) is 0 Å². The molecule has 2 amide bonds.